The minimum Gasteiger partial charge on any atom is -0.491 e. The predicted octanol–water partition coefficient (Wildman–Crippen LogP) is 1.44. The third kappa shape index (κ3) is 13.7. The number of anilines is 1. The molecule has 0 amide bonds. The van der Waals surface area contributed by atoms with Crippen molar-refractivity contribution in [2.75, 3.05) is 71.8 Å². The average Bonchev–Trinajstić information content (AvgIpc) is 2.68. The first kappa shape index (κ1) is 22.9. The topological polar surface area (TPSA) is 98.5 Å². The first-order chi connectivity index (χ1) is 13.2. The molecule has 0 aromatic heterocycles. The van der Waals surface area contributed by atoms with Gasteiger partial charge in [0.25, 0.3) is 0 Å². The Morgan fingerprint density at radius 1 is 0.778 bits per heavy atom. The van der Waals surface area contributed by atoms with Crippen molar-refractivity contribution in [3.63, 3.8) is 0 Å². The molecule has 0 bridgehead atoms. The standard InChI is InChI=1S/C19H29NO7/c1-2-19(21)27-16-14-25-12-10-23-8-7-22-9-11-24-13-15-26-18-5-3-17(20)4-6-18/h2-6H,1,7-16,20H2. The molecule has 0 aliphatic carbocycles. The fourth-order valence-corrected chi connectivity index (χ4v) is 1.80. The summed E-state index contributed by atoms with van der Waals surface area (Å²) in [6.07, 6.45) is 1.11. The number of nitrogens with two attached hydrogens (primary N) is 1. The lowest BCUT2D eigenvalue weighted by Gasteiger charge is -2.08. The van der Waals surface area contributed by atoms with Crippen LogP contribution in [0.15, 0.2) is 36.9 Å². The van der Waals surface area contributed by atoms with Crippen LogP contribution in [0.1, 0.15) is 0 Å². The molecule has 0 heterocycles. The summed E-state index contributed by atoms with van der Waals surface area (Å²) in [7, 11) is 0. The van der Waals surface area contributed by atoms with E-state index >= 15 is 0 Å². The van der Waals surface area contributed by atoms with E-state index in [-0.39, 0.29) is 6.61 Å². The maximum absolute atomic E-state index is 10.8. The molecule has 0 spiro atoms. The molecule has 0 aliphatic rings. The number of carbonyl (C=O) groups is 1. The Hall–Kier alpha value is -2.13. The van der Waals surface area contributed by atoms with E-state index in [4.69, 9.17) is 34.2 Å². The van der Waals surface area contributed by atoms with Crippen molar-refractivity contribution < 1.29 is 33.2 Å². The van der Waals surface area contributed by atoms with E-state index in [2.05, 4.69) is 6.58 Å². The molecule has 0 aliphatic heterocycles. The number of hydrogen-bond acceptors (Lipinski definition) is 8. The highest BCUT2D eigenvalue weighted by atomic mass is 16.6. The Labute approximate surface area is 160 Å². The second-order valence-electron chi connectivity index (χ2n) is 5.24. The number of nitrogen functional groups attached to an aromatic ring is 1. The van der Waals surface area contributed by atoms with Gasteiger partial charge in [0, 0.05) is 11.8 Å². The number of carbonyl (C=O) groups excluding carboxylic acids is 1. The summed E-state index contributed by atoms with van der Waals surface area (Å²) < 4.78 is 31.6. The lowest BCUT2D eigenvalue weighted by molar-refractivity contribution is -0.139. The van der Waals surface area contributed by atoms with Gasteiger partial charge >= 0.3 is 5.97 Å². The van der Waals surface area contributed by atoms with E-state index in [1.807, 2.05) is 12.1 Å². The first-order valence-electron chi connectivity index (χ1n) is 8.81. The van der Waals surface area contributed by atoms with Crippen LogP contribution in [0.4, 0.5) is 5.69 Å². The number of esters is 1. The molecular formula is C19H29NO7. The Morgan fingerprint density at radius 2 is 1.22 bits per heavy atom. The van der Waals surface area contributed by atoms with Crippen molar-refractivity contribution in [3.8, 4) is 5.75 Å². The number of rotatable bonds is 17. The highest BCUT2D eigenvalue weighted by Gasteiger charge is 1.96. The molecule has 0 saturated carbocycles. The van der Waals surface area contributed by atoms with Gasteiger partial charge in [0.1, 0.15) is 19.0 Å². The van der Waals surface area contributed by atoms with Gasteiger partial charge in [-0.15, -0.1) is 0 Å². The summed E-state index contributed by atoms with van der Waals surface area (Å²) in [5, 5.41) is 0. The fraction of sp³-hybridized carbons (Fsp3) is 0.526. The zero-order valence-electron chi connectivity index (χ0n) is 15.6. The highest BCUT2D eigenvalue weighted by Crippen LogP contribution is 2.12. The fourth-order valence-electron chi connectivity index (χ4n) is 1.80. The minimum atomic E-state index is -0.453. The normalized spacial score (nSPS) is 10.5. The molecule has 2 N–H and O–H groups in total. The van der Waals surface area contributed by atoms with Crippen molar-refractivity contribution in [2.45, 2.75) is 0 Å². The van der Waals surface area contributed by atoms with Crippen LogP contribution in [0.25, 0.3) is 0 Å². The lowest BCUT2D eigenvalue weighted by atomic mass is 10.3. The van der Waals surface area contributed by atoms with E-state index in [1.165, 1.54) is 0 Å². The highest BCUT2D eigenvalue weighted by molar-refractivity contribution is 5.81. The Kier molecular flexibility index (Phi) is 13.6. The van der Waals surface area contributed by atoms with Crippen LogP contribution in [0.5, 0.6) is 5.75 Å². The maximum Gasteiger partial charge on any atom is 0.330 e. The van der Waals surface area contributed by atoms with Crippen LogP contribution in [0, 0.1) is 0 Å². The van der Waals surface area contributed by atoms with Gasteiger partial charge in [-0.25, -0.2) is 4.79 Å². The molecule has 0 unspecified atom stereocenters. The minimum absolute atomic E-state index is 0.207. The Balaban J connectivity index is 1.75. The van der Waals surface area contributed by atoms with Crippen molar-refractivity contribution in [1.29, 1.82) is 0 Å². The van der Waals surface area contributed by atoms with Gasteiger partial charge in [-0.05, 0) is 24.3 Å². The molecule has 0 fully saturated rings. The second-order valence-corrected chi connectivity index (χ2v) is 5.24. The number of ether oxygens (including phenoxy) is 6. The van der Waals surface area contributed by atoms with Gasteiger partial charge in [-0.2, -0.15) is 0 Å². The van der Waals surface area contributed by atoms with E-state index in [1.54, 1.807) is 12.1 Å². The molecule has 0 atom stereocenters. The molecule has 8 heteroatoms. The largest absolute Gasteiger partial charge is 0.491 e. The number of benzene rings is 1. The van der Waals surface area contributed by atoms with Gasteiger partial charge in [0.15, 0.2) is 0 Å². The zero-order valence-corrected chi connectivity index (χ0v) is 15.6. The van der Waals surface area contributed by atoms with Crippen LogP contribution in [-0.4, -0.2) is 72.0 Å². The van der Waals surface area contributed by atoms with Crippen molar-refractivity contribution in [1.82, 2.24) is 0 Å². The third-order valence-electron chi connectivity index (χ3n) is 3.13. The first-order valence-corrected chi connectivity index (χ1v) is 8.81. The molecule has 1 rings (SSSR count). The van der Waals surface area contributed by atoms with Crippen LogP contribution < -0.4 is 10.5 Å². The predicted molar refractivity (Wildman–Crippen MR) is 101 cm³/mol. The summed E-state index contributed by atoms with van der Waals surface area (Å²) in [5.41, 5.74) is 6.31. The summed E-state index contributed by atoms with van der Waals surface area (Å²) in [5.74, 6) is 0.313. The van der Waals surface area contributed by atoms with Gasteiger partial charge in [0.2, 0.25) is 0 Å². The monoisotopic (exact) mass is 383 g/mol. The Bertz CT molecular complexity index is 507. The van der Waals surface area contributed by atoms with Gasteiger partial charge in [0.05, 0.1) is 52.9 Å². The number of hydrogen-bond donors (Lipinski definition) is 1. The van der Waals surface area contributed by atoms with Gasteiger partial charge in [-0.1, -0.05) is 6.58 Å². The molecule has 8 nitrogen and oxygen atoms in total. The summed E-state index contributed by atoms with van der Waals surface area (Å²) in [6, 6.07) is 7.22. The van der Waals surface area contributed by atoms with Crippen LogP contribution >= 0.6 is 0 Å². The second kappa shape index (κ2) is 16.1. The van der Waals surface area contributed by atoms with Crippen LogP contribution in [0.2, 0.25) is 0 Å². The lowest BCUT2D eigenvalue weighted by Crippen LogP contribution is -2.14. The molecular weight excluding hydrogens is 354 g/mol. The van der Waals surface area contributed by atoms with E-state index < -0.39 is 5.97 Å². The van der Waals surface area contributed by atoms with Crippen molar-refractivity contribution >= 4 is 11.7 Å². The molecule has 1 aromatic carbocycles. The van der Waals surface area contributed by atoms with Gasteiger partial charge in [-0.3, -0.25) is 0 Å². The summed E-state index contributed by atoms with van der Waals surface area (Å²) in [6.45, 7) is 7.65. The van der Waals surface area contributed by atoms with Crippen molar-refractivity contribution in [3.05, 3.63) is 36.9 Å². The summed E-state index contributed by atoms with van der Waals surface area (Å²) in [4.78, 5) is 10.8. The third-order valence-corrected chi connectivity index (χ3v) is 3.13. The quantitative estimate of drug-likeness (QED) is 0.187. The summed E-state index contributed by atoms with van der Waals surface area (Å²) >= 11 is 0. The molecule has 152 valence electrons. The SMILES string of the molecule is C=CC(=O)OCCOCCOCCOCCOCCOc1ccc(N)cc1. The molecule has 0 radical (unpaired) electrons. The zero-order chi connectivity index (χ0) is 19.6. The van der Waals surface area contributed by atoms with Crippen LogP contribution in [-0.2, 0) is 28.5 Å². The maximum atomic E-state index is 10.8. The molecule has 1 aromatic rings. The van der Waals surface area contributed by atoms with Gasteiger partial charge < -0.3 is 34.2 Å². The van der Waals surface area contributed by atoms with Crippen LogP contribution in [0.3, 0.4) is 0 Å². The van der Waals surface area contributed by atoms with E-state index in [9.17, 15) is 4.79 Å². The molecule has 27 heavy (non-hydrogen) atoms. The van der Waals surface area contributed by atoms with E-state index in [0.717, 1.165) is 11.8 Å². The molecule has 0 saturated heterocycles. The van der Waals surface area contributed by atoms with E-state index in [0.29, 0.717) is 65.1 Å². The van der Waals surface area contributed by atoms with Crippen molar-refractivity contribution in [2.24, 2.45) is 0 Å². The average molecular weight is 383 g/mol. The Morgan fingerprint density at radius 3 is 1.70 bits per heavy atom. The smallest absolute Gasteiger partial charge is 0.330 e.